The third-order valence-corrected chi connectivity index (χ3v) is 2.93. The van der Waals surface area contributed by atoms with Crippen LogP contribution < -0.4 is 10.6 Å². The summed E-state index contributed by atoms with van der Waals surface area (Å²) in [4.78, 5) is 13.1. The minimum Gasteiger partial charge on any atom is -0.478 e. The molecule has 1 fully saturated rings. The molecule has 0 aliphatic heterocycles. The second-order valence-electron chi connectivity index (χ2n) is 4.09. The summed E-state index contributed by atoms with van der Waals surface area (Å²) in [6.07, 6.45) is 2.43. The Hall–Kier alpha value is -1.71. The van der Waals surface area contributed by atoms with E-state index in [0.29, 0.717) is 11.7 Å². The fourth-order valence-corrected chi connectivity index (χ4v) is 1.96. The molecule has 0 unspecified atom stereocenters. The first-order valence-electron chi connectivity index (χ1n) is 5.53. The van der Waals surface area contributed by atoms with E-state index in [4.69, 9.17) is 10.8 Å². The van der Waals surface area contributed by atoms with Gasteiger partial charge >= 0.3 is 5.97 Å². The van der Waals surface area contributed by atoms with Crippen LogP contribution in [0.15, 0.2) is 18.2 Å². The van der Waals surface area contributed by atoms with Gasteiger partial charge in [0.15, 0.2) is 0 Å². The van der Waals surface area contributed by atoms with Crippen LogP contribution in [0.2, 0.25) is 0 Å². The lowest BCUT2D eigenvalue weighted by Crippen LogP contribution is -2.25. The van der Waals surface area contributed by atoms with E-state index in [9.17, 15) is 4.79 Å². The number of carboxylic acid groups (broad SMARTS) is 1. The minimum absolute atomic E-state index is 0.176. The molecule has 0 amide bonds. The molecular formula is C12H16N2O2. The van der Waals surface area contributed by atoms with Crippen molar-refractivity contribution in [3.05, 3.63) is 23.8 Å². The number of nitrogens with zero attached hydrogens (tertiary/aromatic N) is 1. The number of hydrogen-bond donors (Lipinski definition) is 2. The van der Waals surface area contributed by atoms with Crippen LogP contribution in [0.1, 0.15) is 30.1 Å². The van der Waals surface area contributed by atoms with Crippen molar-refractivity contribution in [3.63, 3.8) is 0 Å². The van der Waals surface area contributed by atoms with Gasteiger partial charge in [0.25, 0.3) is 0 Å². The van der Waals surface area contributed by atoms with Crippen molar-refractivity contribution in [3.8, 4) is 0 Å². The zero-order chi connectivity index (χ0) is 11.7. The number of carboxylic acids is 1. The van der Waals surface area contributed by atoms with Crippen LogP contribution in [0.5, 0.6) is 0 Å². The SMILES string of the molecule is CCN(c1ccc(C(=O)O)c(N)c1)C1CC1. The average molecular weight is 220 g/mol. The summed E-state index contributed by atoms with van der Waals surface area (Å²) in [6.45, 7) is 3.02. The maximum atomic E-state index is 10.8. The molecule has 0 aromatic heterocycles. The van der Waals surface area contributed by atoms with Gasteiger partial charge in [0.1, 0.15) is 0 Å². The second-order valence-corrected chi connectivity index (χ2v) is 4.09. The lowest BCUT2D eigenvalue weighted by molar-refractivity contribution is 0.0698. The summed E-state index contributed by atoms with van der Waals surface area (Å²) in [7, 11) is 0. The molecule has 2 rings (SSSR count). The first-order chi connectivity index (χ1) is 7.63. The number of carbonyl (C=O) groups is 1. The molecule has 0 bridgehead atoms. The second kappa shape index (κ2) is 4.04. The van der Waals surface area contributed by atoms with Gasteiger partial charge < -0.3 is 15.7 Å². The number of benzene rings is 1. The van der Waals surface area contributed by atoms with Gasteiger partial charge in [-0.1, -0.05) is 0 Å². The topological polar surface area (TPSA) is 66.6 Å². The van der Waals surface area contributed by atoms with E-state index in [1.165, 1.54) is 12.8 Å². The molecule has 86 valence electrons. The third-order valence-electron chi connectivity index (χ3n) is 2.93. The third kappa shape index (κ3) is 1.96. The zero-order valence-corrected chi connectivity index (χ0v) is 9.31. The summed E-state index contributed by atoms with van der Waals surface area (Å²) in [5, 5.41) is 8.88. The minimum atomic E-state index is -0.974. The van der Waals surface area contributed by atoms with Crippen LogP contribution >= 0.6 is 0 Å². The molecule has 16 heavy (non-hydrogen) atoms. The molecule has 1 aliphatic carbocycles. The van der Waals surface area contributed by atoms with E-state index < -0.39 is 5.97 Å². The predicted octanol–water partition coefficient (Wildman–Crippen LogP) is 1.96. The van der Waals surface area contributed by atoms with Crippen molar-refractivity contribution in [2.24, 2.45) is 0 Å². The zero-order valence-electron chi connectivity index (χ0n) is 9.31. The van der Waals surface area contributed by atoms with Crippen LogP contribution in [-0.2, 0) is 0 Å². The van der Waals surface area contributed by atoms with Crippen molar-refractivity contribution < 1.29 is 9.90 Å². The Labute approximate surface area is 94.7 Å². The lowest BCUT2D eigenvalue weighted by atomic mass is 10.1. The molecule has 1 aromatic rings. The smallest absolute Gasteiger partial charge is 0.337 e. The van der Waals surface area contributed by atoms with Crippen LogP contribution in [-0.4, -0.2) is 23.7 Å². The normalized spacial score (nSPS) is 14.8. The molecule has 0 saturated heterocycles. The fourth-order valence-electron chi connectivity index (χ4n) is 1.96. The Balaban J connectivity index is 2.28. The van der Waals surface area contributed by atoms with Crippen molar-refractivity contribution in [2.45, 2.75) is 25.8 Å². The van der Waals surface area contributed by atoms with Crippen molar-refractivity contribution in [1.29, 1.82) is 0 Å². The number of nitrogen functional groups attached to an aromatic ring is 1. The molecule has 3 N–H and O–H groups in total. The van der Waals surface area contributed by atoms with E-state index >= 15 is 0 Å². The highest BCUT2D eigenvalue weighted by Gasteiger charge is 2.28. The summed E-state index contributed by atoms with van der Waals surface area (Å²) >= 11 is 0. The molecule has 0 spiro atoms. The van der Waals surface area contributed by atoms with Gasteiger partial charge in [0, 0.05) is 24.0 Å². The molecule has 1 saturated carbocycles. The van der Waals surface area contributed by atoms with Gasteiger partial charge in [-0.3, -0.25) is 0 Å². The average Bonchev–Trinajstić information content (AvgIpc) is 3.02. The van der Waals surface area contributed by atoms with Gasteiger partial charge in [0.05, 0.1) is 5.56 Å². The molecule has 4 heteroatoms. The Bertz CT molecular complexity index is 413. The highest BCUT2D eigenvalue weighted by atomic mass is 16.4. The Morgan fingerprint density at radius 1 is 1.56 bits per heavy atom. The van der Waals surface area contributed by atoms with Gasteiger partial charge in [-0.2, -0.15) is 0 Å². The largest absolute Gasteiger partial charge is 0.478 e. The summed E-state index contributed by atoms with van der Waals surface area (Å²) in [6, 6.07) is 5.78. The molecule has 1 aromatic carbocycles. The lowest BCUT2D eigenvalue weighted by Gasteiger charge is -2.23. The van der Waals surface area contributed by atoms with Crippen LogP contribution in [0, 0.1) is 0 Å². The summed E-state index contributed by atoms with van der Waals surface area (Å²) in [5.41, 5.74) is 7.26. The van der Waals surface area contributed by atoms with Gasteiger partial charge in [-0.05, 0) is 38.0 Å². The van der Waals surface area contributed by atoms with Gasteiger partial charge in [0.2, 0.25) is 0 Å². The van der Waals surface area contributed by atoms with Crippen molar-refractivity contribution in [2.75, 3.05) is 17.2 Å². The number of nitrogens with two attached hydrogens (primary N) is 1. The monoisotopic (exact) mass is 220 g/mol. The predicted molar refractivity (Wildman–Crippen MR) is 63.9 cm³/mol. The molecule has 0 radical (unpaired) electrons. The Kier molecular flexibility index (Phi) is 2.73. The fraction of sp³-hybridized carbons (Fsp3) is 0.417. The number of hydrogen-bond acceptors (Lipinski definition) is 3. The first kappa shape index (κ1) is 10.8. The van der Waals surface area contributed by atoms with Crippen molar-refractivity contribution >= 4 is 17.3 Å². The maximum Gasteiger partial charge on any atom is 0.337 e. The highest BCUT2D eigenvalue weighted by molar-refractivity contribution is 5.94. The Morgan fingerprint density at radius 3 is 2.69 bits per heavy atom. The summed E-state index contributed by atoms with van der Waals surface area (Å²) in [5.74, 6) is -0.974. The molecule has 4 nitrogen and oxygen atoms in total. The van der Waals surface area contributed by atoms with Gasteiger partial charge in [-0.15, -0.1) is 0 Å². The molecule has 0 atom stereocenters. The van der Waals surface area contributed by atoms with Crippen LogP contribution in [0.4, 0.5) is 11.4 Å². The number of anilines is 2. The van der Waals surface area contributed by atoms with E-state index in [1.807, 2.05) is 6.07 Å². The van der Waals surface area contributed by atoms with E-state index in [-0.39, 0.29) is 5.56 Å². The summed E-state index contributed by atoms with van der Waals surface area (Å²) < 4.78 is 0. The van der Waals surface area contributed by atoms with Crippen molar-refractivity contribution in [1.82, 2.24) is 0 Å². The van der Waals surface area contributed by atoms with Crippen LogP contribution in [0.3, 0.4) is 0 Å². The number of rotatable bonds is 4. The Morgan fingerprint density at radius 2 is 2.25 bits per heavy atom. The van der Waals surface area contributed by atoms with E-state index in [1.54, 1.807) is 12.1 Å². The van der Waals surface area contributed by atoms with E-state index in [2.05, 4.69) is 11.8 Å². The molecule has 0 heterocycles. The maximum absolute atomic E-state index is 10.8. The van der Waals surface area contributed by atoms with E-state index in [0.717, 1.165) is 12.2 Å². The first-order valence-corrected chi connectivity index (χ1v) is 5.53. The number of aromatic carboxylic acids is 1. The van der Waals surface area contributed by atoms with Crippen LogP contribution in [0.25, 0.3) is 0 Å². The quantitative estimate of drug-likeness (QED) is 0.761. The molecule has 1 aliphatic rings. The molecular weight excluding hydrogens is 204 g/mol. The van der Waals surface area contributed by atoms with Gasteiger partial charge in [-0.25, -0.2) is 4.79 Å². The standard InChI is InChI=1S/C12H16N2O2/c1-2-14(8-3-4-8)9-5-6-10(12(15)16)11(13)7-9/h5-8H,2-4,13H2,1H3,(H,15,16). The highest BCUT2D eigenvalue weighted by Crippen LogP contribution is 2.32.